The monoisotopic (exact) mass is 534 g/mol. The number of hydrogen-bond acceptors (Lipinski definition) is 2. The molecular weight excluding hydrogens is 484 g/mol. The zero-order chi connectivity index (χ0) is 28.0. The predicted octanol–water partition coefficient (Wildman–Crippen LogP) is 11.1. The largest absolute Gasteiger partial charge is 0.192 e. The van der Waals surface area contributed by atoms with E-state index in [1.165, 1.54) is 108 Å². The Hall–Kier alpha value is -2.58. The molecule has 2 aromatic rings. The molecule has 40 heavy (non-hydrogen) atoms. The molecule has 4 aliphatic rings. The highest BCUT2D eigenvalue weighted by atomic mass is 14.5. The lowest BCUT2D eigenvalue weighted by Gasteiger charge is -2.54. The molecule has 0 radical (unpaired) electrons. The Kier molecular flexibility index (Phi) is 9.36. The number of benzene rings is 2. The zero-order valence-corrected chi connectivity index (χ0v) is 25.2. The van der Waals surface area contributed by atoms with Crippen molar-refractivity contribution in [2.24, 2.45) is 11.3 Å². The quantitative estimate of drug-likeness (QED) is 0.269. The summed E-state index contributed by atoms with van der Waals surface area (Å²) in [6.07, 6.45) is 24.0. The molecule has 0 N–H and O–H groups in total. The Morgan fingerprint density at radius 2 is 1.35 bits per heavy atom. The maximum atomic E-state index is 10.2. The summed E-state index contributed by atoms with van der Waals surface area (Å²) in [5.41, 5.74) is 6.74. The average Bonchev–Trinajstić information content (AvgIpc) is 3.01. The summed E-state index contributed by atoms with van der Waals surface area (Å²) in [6.45, 7) is 4.57. The van der Waals surface area contributed by atoms with Gasteiger partial charge in [-0.15, -0.1) is 0 Å². The van der Waals surface area contributed by atoms with Crippen LogP contribution in [-0.4, -0.2) is 0 Å². The van der Waals surface area contributed by atoms with Crippen molar-refractivity contribution in [2.75, 3.05) is 0 Å². The lowest BCUT2D eigenvalue weighted by Crippen LogP contribution is -2.44. The molecule has 0 unspecified atom stereocenters. The van der Waals surface area contributed by atoms with E-state index in [0.29, 0.717) is 27.9 Å². The van der Waals surface area contributed by atoms with Gasteiger partial charge in [0.1, 0.15) is 12.1 Å². The Balaban J connectivity index is 1.28. The molecule has 0 amide bonds. The number of hydrogen-bond donors (Lipinski definition) is 0. The van der Waals surface area contributed by atoms with Gasteiger partial charge >= 0.3 is 0 Å². The number of fused-ring (bicyclic) bond motifs is 3. The van der Waals surface area contributed by atoms with Crippen LogP contribution in [0.4, 0.5) is 0 Å². The van der Waals surface area contributed by atoms with E-state index in [9.17, 15) is 10.5 Å². The van der Waals surface area contributed by atoms with Gasteiger partial charge in [-0.2, -0.15) is 10.5 Å². The van der Waals surface area contributed by atoms with Crippen LogP contribution in [0.5, 0.6) is 0 Å². The van der Waals surface area contributed by atoms with E-state index in [-0.39, 0.29) is 0 Å². The van der Waals surface area contributed by atoms with Crippen molar-refractivity contribution in [3.63, 3.8) is 0 Å². The summed E-state index contributed by atoms with van der Waals surface area (Å²) >= 11 is 0. The standard InChI is InChI=1S/C38H50N2/c1-3-5-6-7-8-20-37-21-24-38(25-22-37,26-23-37)32-16-14-31(15-17-32)34-19-18-33(35(27-39)36(34)28-40)30-12-10-29(9-4-2)11-13-30/h14-19,29-30H,3-13,20-26H2,1-2H3. The average molecular weight is 535 g/mol. The van der Waals surface area contributed by atoms with Crippen LogP contribution in [-0.2, 0) is 5.41 Å². The van der Waals surface area contributed by atoms with Crippen LogP contribution in [0.25, 0.3) is 11.1 Å². The van der Waals surface area contributed by atoms with E-state index in [1.54, 1.807) is 0 Å². The van der Waals surface area contributed by atoms with E-state index in [2.05, 4.69) is 62.4 Å². The van der Waals surface area contributed by atoms with Crippen molar-refractivity contribution in [1.82, 2.24) is 0 Å². The van der Waals surface area contributed by atoms with Crippen molar-refractivity contribution < 1.29 is 0 Å². The fourth-order valence-corrected chi connectivity index (χ4v) is 8.78. The minimum Gasteiger partial charge on any atom is -0.192 e. The fourth-order valence-electron chi connectivity index (χ4n) is 8.78. The Bertz CT molecular complexity index is 1190. The second-order valence-electron chi connectivity index (χ2n) is 13.7. The van der Waals surface area contributed by atoms with Crippen LogP contribution in [0.3, 0.4) is 0 Å². The van der Waals surface area contributed by atoms with Crippen LogP contribution in [0.2, 0.25) is 0 Å². The molecule has 0 saturated heterocycles. The summed E-state index contributed by atoms with van der Waals surface area (Å²) in [5, 5.41) is 20.4. The highest BCUT2D eigenvalue weighted by Crippen LogP contribution is 2.59. The van der Waals surface area contributed by atoms with Gasteiger partial charge in [0.2, 0.25) is 0 Å². The van der Waals surface area contributed by atoms with Crippen LogP contribution in [0.15, 0.2) is 36.4 Å². The number of rotatable bonds is 11. The summed E-state index contributed by atoms with van der Waals surface area (Å²) < 4.78 is 0. The molecule has 0 atom stereocenters. The minimum absolute atomic E-state index is 0.346. The molecule has 2 bridgehead atoms. The van der Waals surface area contributed by atoms with Gasteiger partial charge in [0.05, 0.1) is 11.1 Å². The van der Waals surface area contributed by atoms with Gasteiger partial charge in [-0.05, 0) is 110 Å². The maximum absolute atomic E-state index is 10.2. The van der Waals surface area contributed by atoms with Crippen molar-refractivity contribution in [2.45, 2.75) is 141 Å². The summed E-state index contributed by atoms with van der Waals surface area (Å²) in [4.78, 5) is 0. The molecule has 2 nitrogen and oxygen atoms in total. The van der Waals surface area contributed by atoms with Crippen molar-refractivity contribution >= 4 is 0 Å². The Morgan fingerprint density at radius 3 is 1.95 bits per heavy atom. The second kappa shape index (κ2) is 12.9. The Labute approximate surface area is 244 Å². The smallest absolute Gasteiger partial charge is 0.101 e. The van der Waals surface area contributed by atoms with Crippen LogP contribution < -0.4 is 0 Å². The van der Waals surface area contributed by atoms with E-state index in [1.807, 2.05) is 0 Å². The zero-order valence-electron chi connectivity index (χ0n) is 25.2. The van der Waals surface area contributed by atoms with Gasteiger partial charge in [-0.25, -0.2) is 0 Å². The molecule has 4 fully saturated rings. The molecule has 4 aliphatic carbocycles. The molecule has 0 aromatic heterocycles. The topological polar surface area (TPSA) is 47.6 Å². The number of nitriles is 2. The first-order valence-corrected chi connectivity index (χ1v) is 16.6. The molecule has 0 spiro atoms. The third-order valence-corrected chi connectivity index (χ3v) is 11.5. The summed E-state index contributed by atoms with van der Waals surface area (Å²) in [5.74, 6) is 1.24. The van der Waals surface area contributed by atoms with Crippen LogP contribution in [0, 0.1) is 34.0 Å². The molecule has 212 valence electrons. The minimum atomic E-state index is 0.346. The second-order valence-corrected chi connectivity index (χ2v) is 13.7. The molecule has 6 rings (SSSR count). The third-order valence-electron chi connectivity index (χ3n) is 11.5. The lowest BCUT2D eigenvalue weighted by molar-refractivity contribution is 0.0304. The van der Waals surface area contributed by atoms with Gasteiger partial charge in [0, 0.05) is 5.56 Å². The van der Waals surface area contributed by atoms with E-state index in [0.717, 1.165) is 35.4 Å². The fraction of sp³-hybridized carbons (Fsp3) is 0.632. The lowest BCUT2D eigenvalue weighted by atomic mass is 9.51. The van der Waals surface area contributed by atoms with Crippen molar-refractivity contribution in [3.05, 3.63) is 58.7 Å². The van der Waals surface area contributed by atoms with Crippen LogP contribution >= 0.6 is 0 Å². The normalized spacial score (nSPS) is 27.7. The third kappa shape index (κ3) is 5.89. The summed E-state index contributed by atoms with van der Waals surface area (Å²) in [6, 6.07) is 18.3. The first kappa shape index (κ1) is 28.9. The molecule has 0 heterocycles. The van der Waals surface area contributed by atoms with E-state index in [4.69, 9.17) is 0 Å². The SMILES string of the molecule is CCCCCCCC12CCC(c3ccc(-c4ccc(C5CCC(CCC)CC5)c(C#N)c4C#N)cc3)(CC1)CC2. The number of unbranched alkanes of at least 4 members (excludes halogenated alkanes) is 4. The van der Waals surface area contributed by atoms with Crippen molar-refractivity contribution in [1.29, 1.82) is 10.5 Å². The van der Waals surface area contributed by atoms with Gasteiger partial charge < -0.3 is 0 Å². The van der Waals surface area contributed by atoms with Gasteiger partial charge in [0.25, 0.3) is 0 Å². The molecule has 2 aromatic carbocycles. The van der Waals surface area contributed by atoms with Gasteiger partial charge in [0.15, 0.2) is 0 Å². The van der Waals surface area contributed by atoms with Gasteiger partial charge in [-0.1, -0.05) is 95.2 Å². The first-order chi connectivity index (χ1) is 19.6. The molecule has 2 heteroatoms. The molecule has 4 saturated carbocycles. The highest BCUT2D eigenvalue weighted by Gasteiger charge is 2.48. The Morgan fingerprint density at radius 1 is 0.700 bits per heavy atom. The van der Waals surface area contributed by atoms with Crippen LogP contribution in [0.1, 0.15) is 158 Å². The summed E-state index contributed by atoms with van der Waals surface area (Å²) in [7, 11) is 0. The van der Waals surface area contributed by atoms with Gasteiger partial charge in [-0.3, -0.25) is 0 Å². The highest BCUT2D eigenvalue weighted by molar-refractivity contribution is 5.75. The van der Waals surface area contributed by atoms with E-state index >= 15 is 0 Å². The first-order valence-electron chi connectivity index (χ1n) is 16.6. The molecular formula is C38H50N2. The number of nitrogens with zero attached hydrogens (tertiary/aromatic N) is 2. The van der Waals surface area contributed by atoms with Crippen molar-refractivity contribution in [3.8, 4) is 23.3 Å². The predicted molar refractivity (Wildman–Crippen MR) is 166 cm³/mol. The molecule has 0 aliphatic heterocycles. The van der Waals surface area contributed by atoms with E-state index < -0.39 is 0 Å². The maximum Gasteiger partial charge on any atom is 0.101 e.